The van der Waals surface area contributed by atoms with E-state index in [1.807, 2.05) is 6.92 Å². The lowest BCUT2D eigenvalue weighted by molar-refractivity contribution is 0.715. The SMILES string of the molecule is Cc1ccc(C(C)C)cc1N(C)CC(C)N. The smallest absolute Gasteiger partial charge is 0.0396 e. The average molecular weight is 220 g/mol. The van der Waals surface area contributed by atoms with Gasteiger partial charge < -0.3 is 10.6 Å². The topological polar surface area (TPSA) is 29.3 Å². The molecule has 0 heterocycles. The van der Waals surface area contributed by atoms with E-state index in [1.54, 1.807) is 0 Å². The van der Waals surface area contributed by atoms with Gasteiger partial charge in [-0.15, -0.1) is 0 Å². The van der Waals surface area contributed by atoms with E-state index >= 15 is 0 Å². The Hall–Kier alpha value is -1.02. The van der Waals surface area contributed by atoms with Crippen LogP contribution in [0.2, 0.25) is 0 Å². The summed E-state index contributed by atoms with van der Waals surface area (Å²) in [5.74, 6) is 0.572. The van der Waals surface area contributed by atoms with Gasteiger partial charge in [0.05, 0.1) is 0 Å². The Labute approximate surface area is 99.5 Å². The Morgan fingerprint density at radius 2 is 1.88 bits per heavy atom. The highest BCUT2D eigenvalue weighted by Gasteiger charge is 2.08. The van der Waals surface area contributed by atoms with Gasteiger partial charge in [-0.25, -0.2) is 0 Å². The summed E-state index contributed by atoms with van der Waals surface area (Å²) in [6.45, 7) is 9.53. The summed E-state index contributed by atoms with van der Waals surface area (Å²) in [5.41, 5.74) is 9.83. The van der Waals surface area contributed by atoms with Gasteiger partial charge in [0.1, 0.15) is 0 Å². The first kappa shape index (κ1) is 13.0. The number of hydrogen-bond acceptors (Lipinski definition) is 2. The minimum absolute atomic E-state index is 0.201. The number of hydrogen-bond donors (Lipinski definition) is 1. The fraction of sp³-hybridized carbons (Fsp3) is 0.571. The lowest BCUT2D eigenvalue weighted by atomic mass is 10.00. The normalized spacial score (nSPS) is 12.9. The van der Waals surface area contributed by atoms with E-state index in [-0.39, 0.29) is 6.04 Å². The maximum atomic E-state index is 5.84. The molecule has 0 saturated heterocycles. The molecule has 0 fully saturated rings. The number of likely N-dealkylation sites (N-methyl/N-ethyl adjacent to an activating group) is 1. The van der Waals surface area contributed by atoms with E-state index in [1.165, 1.54) is 16.8 Å². The third kappa shape index (κ3) is 3.24. The molecule has 2 heteroatoms. The molecule has 16 heavy (non-hydrogen) atoms. The van der Waals surface area contributed by atoms with E-state index in [9.17, 15) is 0 Å². The van der Waals surface area contributed by atoms with E-state index < -0.39 is 0 Å². The second-order valence-electron chi connectivity index (χ2n) is 5.06. The second-order valence-corrected chi connectivity index (χ2v) is 5.06. The minimum Gasteiger partial charge on any atom is -0.373 e. The Balaban J connectivity index is 2.97. The third-order valence-electron chi connectivity index (χ3n) is 2.87. The van der Waals surface area contributed by atoms with Crippen LogP contribution in [0, 0.1) is 6.92 Å². The maximum Gasteiger partial charge on any atom is 0.0396 e. The summed E-state index contributed by atoms with van der Waals surface area (Å²) >= 11 is 0. The van der Waals surface area contributed by atoms with Gasteiger partial charge in [0.15, 0.2) is 0 Å². The molecule has 90 valence electrons. The minimum atomic E-state index is 0.201. The summed E-state index contributed by atoms with van der Waals surface area (Å²) in [5, 5.41) is 0. The molecule has 0 aromatic heterocycles. The number of aryl methyl sites for hydroxylation is 1. The molecule has 1 aromatic carbocycles. The zero-order valence-electron chi connectivity index (χ0n) is 11.1. The Bertz CT molecular complexity index is 343. The molecule has 0 amide bonds. The Kier molecular flexibility index (Phi) is 4.36. The first-order chi connectivity index (χ1) is 7.41. The van der Waals surface area contributed by atoms with Crippen LogP contribution in [0.3, 0.4) is 0 Å². The van der Waals surface area contributed by atoms with Crippen LogP contribution in [-0.2, 0) is 0 Å². The molecule has 0 aliphatic rings. The van der Waals surface area contributed by atoms with Crippen molar-refractivity contribution in [2.24, 2.45) is 5.73 Å². The molecular formula is C14H24N2. The van der Waals surface area contributed by atoms with Crippen LogP contribution in [0.5, 0.6) is 0 Å². The van der Waals surface area contributed by atoms with Crippen LogP contribution in [0.15, 0.2) is 18.2 Å². The molecule has 2 nitrogen and oxygen atoms in total. The molecule has 0 aliphatic heterocycles. The quantitative estimate of drug-likeness (QED) is 0.845. The largest absolute Gasteiger partial charge is 0.373 e. The molecule has 0 aliphatic carbocycles. The van der Waals surface area contributed by atoms with Gasteiger partial charge in [-0.1, -0.05) is 26.0 Å². The van der Waals surface area contributed by atoms with Crippen LogP contribution in [-0.4, -0.2) is 19.6 Å². The van der Waals surface area contributed by atoms with Crippen molar-refractivity contribution in [2.75, 3.05) is 18.5 Å². The van der Waals surface area contributed by atoms with Crippen molar-refractivity contribution < 1.29 is 0 Å². The lowest BCUT2D eigenvalue weighted by Gasteiger charge is -2.24. The van der Waals surface area contributed by atoms with Crippen LogP contribution >= 0.6 is 0 Å². The van der Waals surface area contributed by atoms with Crippen molar-refractivity contribution >= 4 is 5.69 Å². The summed E-state index contributed by atoms with van der Waals surface area (Å²) in [7, 11) is 2.11. The lowest BCUT2D eigenvalue weighted by Crippen LogP contribution is -2.33. The van der Waals surface area contributed by atoms with Crippen molar-refractivity contribution in [1.82, 2.24) is 0 Å². The fourth-order valence-corrected chi connectivity index (χ4v) is 1.93. The number of anilines is 1. The predicted octanol–water partition coefficient (Wildman–Crippen LogP) is 2.90. The zero-order valence-corrected chi connectivity index (χ0v) is 11.1. The number of benzene rings is 1. The highest BCUT2D eigenvalue weighted by Crippen LogP contribution is 2.24. The molecule has 1 unspecified atom stereocenters. The molecule has 1 aromatic rings. The molecule has 1 atom stereocenters. The number of nitrogens with two attached hydrogens (primary N) is 1. The Morgan fingerprint density at radius 3 is 2.38 bits per heavy atom. The van der Waals surface area contributed by atoms with Gasteiger partial charge in [-0.2, -0.15) is 0 Å². The van der Waals surface area contributed by atoms with Crippen LogP contribution < -0.4 is 10.6 Å². The van der Waals surface area contributed by atoms with Crippen LogP contribution in [0.4, 0.5) is 5.69 Å². The standard InChI is InChI=1S/C14H24N2/c1-10(2)13-7-6-11(3)14(8-13)16(5)9-12(4)15/h6-8,10,12H,9,15H2,1-5H3. The fourth-order valence-electron chi connectivity index (χ4n) is 1.93. The number of rotatable bonds is 4. The van der Waals surface area contributed by atoms with E-state index in [4.69, 9.17) is 5.73 Å². The second kappa shape index (κ2) is 5.35. The molecular weight excluding hydrogens is 196 g/mol. The highest BCUT2D eigenvalue weighted by molar-refractivity contribution is 5.55. The van der Waals surface area contributed by atoms with Crippen molar-refractivity contribution in [3.05, 3.63) is 29.3 Å². The van der Waals surface area contributed by atoms with Crippen LogP contribution in [0.1, 0.15) is 37.8 Å². The van der Waals surface area contributed by atoms with Gasteiger partial charge in [0, 0.05) is 25.3 Å². The zero-order chi connectivity index (χ0) is 12.3. The summed E-state index contributed by atoms with van der Waals surface area (Å²) in [6.07, 6.45) is 0. The van der Waals surface area contributed by atoms with Gasteiger partial charge in [-0.3, -0.25) is 0 Å². The van der Waals surface area contributed by atoms with E-state index in [0.717, 1.165) is 6.54 Å². The van der Waals surface area contributed by atoms with Crippen LogP contribution in [0.25, 0.3) is 0 Å². The average Bonchev–Trinajstić information content (AvgIpc) is 2.16. The van der Waals surface area contributed by atoms with Gasteiger partial charge >= 0.3 is 0 Å². The van der Waals surface area contributed by atoms with Gasteiger partial charge in [-0.05, 0) is 37.0 Å². The molecule has 0 radical (unpaired) electrons. The molecule has 0 spiro atoms. The summed E-state index contributed by atoms with van der Waals surface area (Å²) < 4.78 is 0. The first-order valence-electron chi connectivity index (χ1n) is 5.99. The van der Waals surface area contributed by atoms with E-state index in [0.29, 0.717) is 5.92 Å². The molecule has 2 N–H and O–H groups in total. The third-order valence-corrected chi connectivity index (χ3v) is 2.87. The summed E-state index contributed by atoms with van der Waals surface area (Å²) in [6, 6.07) is 6.89. The van der Waals surface area contributed by atoms with E-state index in [2.05, 4.69) is 50.9 Å². The Morgan fingerprint density at radius 1 is 1.25 bits per heavy atom. The van der Waals surface area contributed by atoms with Gasteiger partial charge in [0.25, 0.3) is 0 Å². The summed E-state index contributed by atoms with van der Waals surface area (Å²) in [4.78, 5) is 2.24. The monoisotopic (exact) mass is 220 g/mol. The predicted molar refractivity (Wildman–Crippen MR) is 72.2 cm³/mol. The van der Waals surface area contributed by atoms with Crippen molar-refractivity contribution in [3.8, 4) is 0 Å². The number of nitrogens with zero attached hydrogens (tertiary/aromatic N) is 1. The molecule has 1 rings (SSSR count). The van der Waals surface area contributed by atoms with Crippen molar-refractivity contribution in [2.45, 2.75) is 39.7 Å². The van der Waals surface area contributed by atoms with Crippen molar-refractivity contribution in [3.63, 3.8) is 0 Å². The van der Waals surface area contributed by atoms with Crippen molar-refractivity contribution in [1.29, 1.82) is 0 Å². The maximum absolute atomic E-state index is 5.84. The van der Waals surface area contributed by atoms with Gasteiger partial charge in [0.2, 0.25) is 0 Å². The molecule has 0 saturated carbocycles. The highest BCUT2D eigenvalue weighted by atomic mass is 15.1. The molecule has 0 bridgehead atoms. The first-order valence-corrected chi connectivity index (χ1v) is 5.99.